The lowest BCUT2D eigenvalue weighted by atomic mass is 9.86. The molecule has 96 valence electrons. The fourth-order valence-corrected chi connectivity index (χ4v) is 3.44. The highest BCUT2D eigenvalue weighted by molar-refractivity contribution is 7.08. The van der Waals surface area contributed by atoms with Crippen molar-refractivity contribution in [2.75, 3.05) is 5.32 Å². The summed E-state index contributed by atoms with van der Waals surface area (Å²) in [5, 5.41) is 19.0. The Morgan fingerprint density at radius 1 is 1.42 bits per heavy atom. The van der Waals surface area contributed by atoms with Gasteiger partial charge >= 0.3 is 0 Å². The van der Waals surface area contributed by atoms with Gasteiger partial charge in [0, 0.05) is 17.7 Å². The molecule has 2 aliphatic rings. The molecular weight excluding hydrogens is 262 g/mol. The minimum atomic E-state index is -0.180. The number of nitrogens with zero attached hydrogens (tertiary/aromatic N) is 4. The van der Waals surface area contributed by atoms with Crippen LogP contribution >= 0.6 is 11.3 Å². The molecule has 0 spiro atoms. The third-order valence-electron chi connectivity index (χ3n) is 3.59. The Kier molecular flexibility index (Phi) is 2.28. The summed E-state index contributed by atoms with van der Waals surface area (Å²) in [6.07, 6.45) is 2.38. The van der Waals surface area contributed by atoms with Gasteiger partial charge in [-0.3, -0.25) is 4.79 Å². The molecule has 0 fully saturated rings. The van der Waals surface area contributed by atoms with E-state index in [1.807, 2.05) is 16.8 Å². The minimum Gasteiger partial charge on any atom is -0.326 e. The molecule has 0 saturated carbocycles. The van der Waals surface area contributed by atoms with Crippen molar-refractivity contribution in [3.05, 3.63) is 33.7 Å². The van der Waals surface area contributed by atoms with Crippen molar-refractivity contribution in [3.63, 3.8) is 0 Å². The standard InChI is InChI=1S/C12H11N5OS/c18-9-3-1-2-8-10(9)11(7-4-5-19-6-7)17-12(13-8)14-15-16-17/h4-6,11H,1-3H2,(H,13,14,16)/t11-/m1/s1. The van der Waals surface area contributed by atoms with Crippen molar-refractivity contribution in [3.8, 4) is 0 Å². The molecule has 4 rings (SSSR count). The molecule has 0 amide bonds. The van der Waals surface area contributed by atoms with E-state index in [1.54, 1.807) is 16.0 Å². The van der Waals surface area contributed by atoms with Crippen molar-refractivity contribution in [2.24, 2.45) is 0 Å². The second-order valence-electron chi connectivity index (χ2n) is 4.70. The number of hydrogen-bond acceptors (Lipinski definition) is 6. The number of fused-ring (bicyclic) bond motifs is 1. The number of ketones is 1. The Morgan fingerprint density at radius 3 is 3.21 bits per heavy atom. The van der Waals surface area contributed by atoms with Crippen LogP contribution in [0.3, 0.4) is 0 Å². The van der Waals surface area contributed by atoms with Crippen molar-refractivity contribution in [2.45, 2.75) is 25.3 Å². The first-order valence-corrected chi connectivity index (χ1v) is 7.12. The molecule has 1 atom stereocenters. The lowest BCUT2D eigenvalue weighted by molar-refractivity contribution is -0.116. The Hall–Kier alpha value is -2.02. The molecule has 0 unspecified atom stereocenters. The number of carbonyl (C=O) groups is 1. The van der Waals surface area contributed by atoms with Gasteiger partial charge in [0.15, 0.2) is 5.78 Å². The van der Waals surface area contributed by atoms with Crippen LogP contribution < -0.4 is 5.32 Å². The minimum absolute atomic E-state index is 0.180. The normalized spacial score (nSPS) is 21.9. The van der Waals surface area contributed by atoms with Gasteiger partial charge in [0.1, 0.15) is 6.04 Å². The average Bonchev–Trinajstić information content (AvgIpc) is 3.07. The van der Waals surface area contributed by atoms with E-state index >= 15 is 0 Å². The first-order valence-electron chi connectivity index (χ1n) is 6.18. The lowest BCUT2D eigenvalue weighted by Gasteiger charge is -2.30. The molecule has 0 saturated heterocycles. The summed E-state index contributed by atoms with van der Waals surface area (Å²) < 4.78 is 1.70. The average molecular weight is 273 g/mol. The number of tetrazole rings is 1. The van der Waals surface area contributed by atoms with Crippen molar-refractivity contribution < 1.29 is 4.79 Å². The monoisotopic (exact) mass is 273 g/mol. The first-order chi connectivity index (χ1) is 9.34. The van der Waals surface area contributed by atoms with Gasteiger partial charge in [-0.25, -0.2) is 0 Å². The number of anilines is 1. The Bertz CT molecular complexity index is 672. The molecule has 2 aromatic rings. The number of thiophene rings is 1. The van der Waals surface area contributed by atoms with E-state index in [0.717, 1.165) is 29.7 Å². The summed E-state index contributed by atoms with van der Waals surface area (Å²) in [7, 11) is 0. The number of Topliss-reactive ketones (excluding diaryl/α,β-unsaturated/α-hetero) is 1. The number of carbonyl (C=O) groups excluding carboxylic acids is 1. The molecule has 1 aliphatic heterocycles. The fraction of sp³-hybridized carbons (Fsp3) is 0.333. The predicted octanol–water partition coefficient (Wildman–Crippen LogP) is 1.76. The van der Waals surface area contributed by atoms with Crippen molar-refractivity contribution in [1.29, 1.82) is 0 Å². The molecule has 3 heterocycles. The molecule has 0 aromatic carbocycles. The third-order valence-corrected chi connectivity index (χ3v) is 4.29. The summed E-state index contributed by atoms with van der Waals surface area (Å²) in [6.45, 7) is 0. The van der Waals surface area contributed by atoms with Gasteiger partial charge in [0.2, 0.25) is 5.95 Å². The van der Waals surface area contributed by atoms with Crippen LogP contribution in [0.5, 0.6) is 0 Å². The van der Waals surface area contributed by atoms with E-state index in [-0.39, 0.29) is 11.8 Å². The maximum atomic E-state index is 12.3. The Balaban J connectivity index is 1.93. The quantitative estimate of drug-likeness (QED) is 0.857. The zero-order chi connectivity index (χ0) is 12.8. The van der Waals surface area contributed by atoms with Crippen LogP contribution in [-0.2, 0) is 4.79 Å². The molecule has 1 N–H and O–H groups in total. The molecule has 0 bridgehead atoms. The van der Waals surface area contributed by atoms with Crippen LogP contribution in [0.15, 0.2) is 28.1 Å². The van der Waals surface area contributed by atoms with Gasteiger partial charge in [0.05, 0.1) is 0 Å². The van der Waals surface area contributed by atoms with E-state index in [0.29, 0.717) is 12.4 Å². The van der Waals surface area contributed by atoms with Crippen molar-refractivity contribution in [1.82, 2.24) is 20.2 Å². The van der Waals surface area contributed by atoms with Crippen LogP contribution in [-0.4, -0.2) is 26.0 Å². The van der Waals surface area contributed by atoms with Gasteiger partial charge in [0.25, 0.3) is 0 Å². The fourth-order valence-electron chi connectivity index (χ4n) is 2.76. The SMILES string of the molecule is O=C1CCCC2=C1[C@@H](c1ccsc1)n1nnnc1N2. The van der Waals surface area contributed by atoms with Gasteiger partial charge < -0.3 is 5.32 Å². The van der Waals surface area contributed by atoms with Gasteiger partial charge in [-0.1, -0.05) is 5.10 Å². The highest BCUT2D eigenvalue weighted by Gasteiger charge is 2.36. The van der Waals surface area contributed by atoms with Gasteiger partial charge in [-0.15, -0.1) is 0 Å². The summed E-state index contributed by atoms with van der Waals surface area (Å²) in [6, 6.07) is 1.85. The third kappa shape index (κ3) is 1.54. The van der Waals surface area contributed by atoms with E-state index in [2.05, 4.69) is 20.8 Å². The number of allylic oxidation sites excluding steroid dienone is 2. The Morgan fingerprint density at radius 2 is 2.37 bits per heavy atom. The zero-order valence-corrected chi connectivity index (χ0v) is 10.9. The number of aromatic nitrogens is 4. The van der Waals surface area contributed by atoms with E-state index in [4.69, 9.17) is 0 Å². The largest absolute Gasteiger partial charge is 0.326 e. The summed E-state index contributed by atoms with van der Waals surface area (Å²) in [5.41, 5.74) is 2.88. The Labute approximate surface area is 113 Å². The summed E-state index contributed by atoms with van der Waals surface area (Å²) >= 11 is 1.61. The van der Waals surface area contributed by atoms with E-state index in [9.17, 15) is 4.79 Å². The van der Waals surface area contributed by atoms with Gasteiger partial charge in [-0.2, -0.15) is 16.0 Å². The van der Waals surface area contributed by atoms with E-state index < -0.39 is 0 Å². The first kappa shape index (κ1) is 10.9. The smallest absolute Gasteiger partial charge is 0.248 e. The zero-order valence-electron chi connectivity index (χ0n) is 10.0. The van der Waals surface area contributed by atoms with Crippen LogP contribution in [0.25, 0.3) is 0 Å². The molecular formula is C12H11N5OS. The highest BCUT2D eigenvalue weighted by atomic mass is 32.1. The number of hydrogen-bond donors (Lipinski definition) is 1. The van der Waals surface area contributed by atoms with Gasteiger partial charge in [-0.05, 0) is 45.7 Å². The molecule has 7 heteroatoms. The molecule has 19 heavy (non-hydrogen) atoms. The van der Waals surface area contributed by atoms with Crippen LogP contribution in [0.4, 0.5) is 5.95 Å². The molecule has 6 nitrogen and oxygen atoms in total. The second kappa shape index (κ2) is 3.99. The maximum absolute atomic E-state index is 12.3. The summed E-state index contributed by atoms with van der Waals surface area (Å²) in [5.74, 6) is 0.816. The van der Waals surface area contributed by atoms with Crippen LogP contribution in [0.1, 0.15) is 30.9 Å². The summed E-state index contributed by atoms with van der Waals surface area (Å²) in [4.78, 5) is 12.3. The molecule has 1 aliphatic carbocycles. The number of rotatable bonds is 1. The maximum Gasteiger partial charge on any atom is 0.248 e. The second-order valence-corrected chi connectivity index (χ2v) is 5.48. The topological polar surface area (TPSA) is 72.7 Å². The lowest BCUT2D eigenvalue weighted by Crippen LogP contribution is -2.31. The molecule has 0 radical (unpaired) electrons. The van der Waals surface area contributed by atoms with Crippen molar-refractivity contribution >= 4 is 23.1 Å². The highest BCUT2D eigenvalue weighted by Crippen LogP contribution is 2.39. The van der Waals surface area contributed by atoms with Crippen LogP contribution in [0, 0.1) is 0 Å². The van der Waals surface area contributed by atoms with Crippen LogP contribution in [0.2, 0.25) is 0 Å². The number of nitrogens with one attached hydrogen (secondary N) is 1. The van der Waals surface area contributed by atoms with E-state index in [1.165, 1.54) is 0 Å². The molecule has 2 aromatic heterocycles. The predicted molar refractivity (Wildman–Crippen MR) is 69.8 cm³/mol.